The van der Waals surface area contributed by atoms with E-state index < -0.39 is 0 Å². The van der Waals surface area contributed by atoms with Gasteiger partial charge in [-0.25, -0.2) is 9.97 Å². The highest BCUT2D eigenvalue weighted by Crippen LogP contribution is 2.31. The van der Waals surface area contributed by atoms with Crippen LogP contribution in [0.4, 0.5) is 11.8 Å². The number of piperazine rings is 1. The maximum atomic E-state index is 12.3. The molecule has 1 saturated carbocycles. The number of nitrogens with one attached hydrogen (secondary N) is 2. The zero-order chi connectivity index (χ0) is 23.1. The fourth-order valence-corrected chi connectivity index (χ4v) is 4.35. The zero-order valence-electron chi connectivity index (χ0n) is 19.0. The number of aromatic amines is 1. The molecule has 1 saturated heterocycles. The molecule has 1 aliphatic heterocycles. The van der Waals surface area contributed by atoms with Gasteiger partial charge in [-0.3, -0.25) is 9.69 Å². The van der Waals surface area contributed by atoms with Crippen LogP contribution in [-0.4, -0.2) is 67.0 Å². The van der Waals surface area contributed by atoms with Crippen LogP contribution in [0.3, 0.4) is 0 Å². The van der Waals surface area contributed by atoms with Crippen LogP contribution in [0.1, 0.15) is 24.3 Å². The monoisotopic (exact) mass is 458 g/mol. The summed E-state index contributed by atoms with van der Waals surface area (Å²) in [5.41, 5.74) is 3.70. The number of aromatic nitrogens is 5. The quantitative estimate of drug-likeness (QED) is 0.453. The number of pyridine rings is 1. The zero-order valence-corrected chi connectivity index (χ0v) is 19.0. The van der Waals surface area contributed by atoms with Crippen molar-refractivity contribution in [1.82, 2.24) is 34.9 Å². The maximum Gasteiger partial charge on any atom is 0.247 e. The average Bonchev–Trinajstić information content (AvgIpc) is 3.48. The van der Waals surface area contributed by atoms with E-state index >= 15 is 0 Å². The number of H-pyrrole nitrogens is 1. The Bertz CT molecular complexity index is 1330. The second-order valence-electron chi connectivity index (χ2n) is 8.99. The van der Waals surface area contributed by atoms with Crippen molar-refractivity contribution >= 4 is 28.7 Å². The highest BCUT2D eigenvalue weighted by molar-refractivity contribution is 5.82. The Kier molecular flexibility index (Phi) is 5.21. The molecule has 174 valence electrons. The van der Waals surface area contributed by atoms with Crippen LogP contribution < -0.4 is 5.32 Å². The minimum Gasteiger partial charge on any atom is -0.421 e. The number of amides is 1. The van der Waals surface area contributed by atoms with Gasteiger partial charge in [-0.15, -0.1) is 10.2 Å². The molecule has 0 unspecified atom stereocenters. The number of anilines is 2. The fraction of sp³-hybridized carbons (Fsp3) is 0.375. The van der Waals surface area contributed by atoms with Gasteiger partial charge in [-0.2, -0.15) is 0 Å². The van der Waals surface area contributed by atoms with Gasteiger partial charge in [0.15, 0.2) is 0 Å². The third-order valence-electron chi connectivity index (χ3n) is 6.34. The summed E-state index contributed by atoms with van der Waals surface area (Å²) < 4.78 is 5.52. The minimum absolute atomic E-state index is 0.299. The number of fused-ring (bicyclic) bond motifs is 1. The number of imidazole rings is 1. The highest BCUT2D eigenvalue weighted by Gasteiger charge is 2.34. The van der Waals surface area contributed by atoms with Crippen LogP contribution in [0, 0.1) is 12.8 Å². The molecule has 6 rings (SSSR count). The molecule has 2 fully saturated rings. The average molecular weight is 459 g/mol. The van der Waals surface area contributed by atoms with Gasteiger partial charge in [0.25, 0.3) is 0 Å². The Morgan fingerprint density at radius 3 is 2.76 bits per heavy atom. The van der Waals surface area contributed by atoms with Gasteiger partial charge in [-0.1, -0.05) is 0 Å². The minimum atomic E-state index is 0.299. The summed E-state index contributed by atoms with van der Waals surface area (Å²) in [7, 11) is 0. The molecule has 2 aliphatic rings. The van der Waals surface area contributed by atoms with Gasteiger partial charge in [-0.05, 0) is 48.7 Å². The summed E-state index contributed by atoms with van der Waals surface area (Å²) in [5.74, 6) is 3.00. The standard InChI is InChI=1S/C24H26N8O2/c1-15-29-30-22(34-15)18-4-5-19-20(13-18)27-24(26-19)28-21-12-16(6-7-25-21)14-31-8-10-32(11-9-31)23(33)17-2-3-17/h4-7,12-13,17H,2-3,8-11,14H2,1H3,(H2,25,26,27,28). The lowest BCUT2D eigenvalue weighted by molar-refractivity contribution is -0.134. The molecule has 0 atom stereocenters. The lowest BCUT2D eigenvalue weighted by Gasteiger charge is -2.34. The number of nitrogens with zero attached hydrogens (tertiary/aromatic N) is 6. The number of carbonyl (C=O) groups is 1. The van der Waals surface area contributed by atoms with Gasteiger partial charge in [0.05, 0.1) is 11.0 Å². The van der Waals surface area contributed by atoms with Gasteiger partial charge in [0.2, 0.25) is 23.6 Å². The molecule has 1 aliphatic carbocycles. The first-order valence-electron chi connectivity index (χ1n) is 11.6. The van der Waals surface area contributed by atoms with Gasteiger partial charge < -0.3 is 19.6 Å². The molecular formula is C24H26N8O2. The summed E-state index contributed by atoms with van der Waals surface area (Å²) in [4.78, 5) is 29.0. The van der Waals surface area contributed by atoms with E-state index in [4.69, 9.17) is 4.42 Å². The number of aryl methyl sites for hydroxylation is 1. The molecule has 1 aromatic carbocycles. The topological polar surface area (TPSA) is 116 Å². The van der Waals surface area contributed by atoms with Gasteiger partial charge in [0.1, 0.15) is 5.82 Å². The van der Waals surface area contributed by atoms with Gasteiger partial charge >= 0.3 is 0 Å². The lowest BCUT2D eigenvalue weighted by atomic mass is 10.2. The number of carbonyl (C=O) groups excluding carboxylic acids is 1. The molecule has 1 amide bonds. The first-order valence-corrected chi connectivity index (χ1v) is 11.6. The molecule has 10 heteroatoms. The van der Waals surface area contributed by atoms with E-state index in [2.05, 4.69) is 35.4 Å². The number of hydrogen-bond donors (Lipinski definition) is 2. The van der Waals surface area contributed by atoms with E-state index in [1.165, 1.54) is 5.56 Å². The van der Waals surface area contributed by atoms with Crippen molar-refractivity contribution in [3.63, 3.8) is 0 Å². The molecule has 4 aromatic rings. The predicted molar refractivity (Wildman–Crippen MR) is 126 cm³/mol. The Hall–Kier alpha value is -3.79. The van der Waals surface area contributed by atoms with Gasteiger partial charge in [0, 0.05) is 57.3 Å². The first kappa shape index (κ1) is 20.8. The van der Waals surface area contributed by atoms with Crippen LogP contribution in [0.15, 0.2) is 40.9 Å². The first-order chi connectivity index (χ1) is 16.6. The third-order valence-corrected chi connectivity index (χ3v) is 6.34. The van der Waals surface area contributed by atoms with Crippen molar-refractivity contribution in [3.8, 4) is 11.5 Å². The van der Waals surface area contributed by atoms with Crippen molar-refractivity contribution in [1.29, 1.82) is 0 Å². The second-order valence-corrected chi connectivity index (χ2v) is 8.99. The summed E-state index contributed by atoms with van der Waals surface area (Å²) >= 11 is 0. The van der Waals surface area contributed by atoms with Crippen LogP contribution in [-0.2, 0) is 11.3 Å². The van der Waals surface area contributed by atoms with Crippen LogP contribution >= 0.6 is 0 Å². The highest BCUT2D eigenvalue weighted by atomic mass is 16.4. The van der Waals surface area contributed by atoms with E-state index in [0.717, 1.165) is 68.0 Å². The smallest absolute Gasteiger partial charge is 0.247 e. The SMILES string of the molecule is Cc1nnc(-c2ccc3nc(Nc4cc(CN5CCN(C(=O)C6CC6)CC5)ccn4)[nH]c3c2)o1. The summed E-state index contributed by atoms with van der Waals surface area (Å²) in [6, 6.07) is 9.85. The maximum absolute atomic E-state index is 12.3. The normalized spacial score (nSPS) is 16.8. The van der Waals surface area contributed by atoms with E-state index in [1.807, 2.05) is 41.4 Å². The summed E-state index contributed by atoms with van der Waals surface area (Å²) in [6.07, 6.45) is 3.94. The number of rotatable bonds is 6. The second kappa shape index (κ2) is 8.53. The fourth-order valence-electron chi connectivity index (χ4n) is 4.35. The predicted octanol–water partition coefficient (Wildman–Crippen LogP) is 3.11. The summed E-state index contributed by atoms with van der Waals surface area (Å²) in [5, 5.41) is 11.2. The van der Waals surface area contributed by atoms with E-state index in [1.54, 1.807) is 6.92 Å². The molecule has 10 nitrogen and oxygen atoms in total. The lowest BCUT2D eigenvalue weighted by Crippen LogP contribution is -2.48. The van der Waals surface area contributed by atoms with Crippen molar-refractivity contribution in [2.24, 2.45) is 5.92 Å². The molecule has 0 radical (unpaired) electrons. The molecule has 2 N–H and O–H groups in total. The number of hydrogen-bond acceptors (Lipinski definition) is 8. The van der Waals surface area contributed by atoms with E-state index in [-0.39, 0.29) is 0 Å². The number of benzene rings is 1. The molecule has 0 bridgehead atoms. The van der Waals surface area contributed by atoms with Crippen LogP contribution in [0.5, 0.6) is 0 Å². The Morgan fingerprint density at radius 2 is 2.00 bits per heavy atom. The molecule has 34 heavy (non-hydrogen) atoms. The van der Waals surface area contributed by atoms with Crippen molar-refractivity contribution in [2.75, 3.05) is 31.5 Å². The van der Waals surface area contributed by atoms with E-state index in [0.29, 0.717) is 29.6 Å². The molecular weight excluding hydrogens is 432 g/mol. The van der Waals surface area contributed by atoms with Crippen LogP contribution in [0.2, 0.25) is 0 Å². The summed E-state index contributed by atoms with van der Waals surface area (Å²) in [6.45, 7) is 6.02. The van der Waals surface area contributed by atoms with Crippen molar-refractivity contribution in [3.05, 3.63) is 48.0 Å². The Morgan fingerprint density at radius 1 is 1.15 bits per heavy atom. The Labute approximate surface area is 196 Å². The van der Waals surface area contributed by atoms with E-state index in [9.17, 15) is 4.79 Å². The van der Waals surface area contributed by atoms with Crippen molar-refractivity contribution in [2.45, 2.75) is 26.3 Å². The largest absolute Gasteiger partial charge is 0.421 e. The molecule has 0 spiro atoms. The van der Waals surface area contributed by atoms with Crippen molar-refractivity contribution < 1.29 is 9.21 Å². The Balaban J connectivity index is 1.11. The third kappa shape index (κ3) is 4.36. The molecule has 3 aromatic heterocycles. The van der Waals surface area contributed by atoms with Crippen LogP contribution in [0.25, 0.3) is 22.5 Å². The molecule has 4 heterocycles.